The van der Waals surface area contributed by atoms with Crippen LogP contribution in [0, 0.1) is 23.1 Å². The molecular formula is C26H25FN2O4. The summed E-state index contributed by atoms with van der Waals surface area (Å²) in [6.45, 7) is 5.63. The number of nitrogens with zero attached hydrogens (tertiary/aromatic N) is 2. The fourth-order valence-electron chi connectivity index (χ4n) is 3.49. The lowest BCUT2D eigenvalue weighted by atomic mass is 9.93. The van der Waals surface area contributed by atoms with Gasteiger partial charge in [0.1, 0.15) is 24.1 Å². The van der Waals surface area contributed by atoms with Crippen molar-refractivity contribution in [2.45, 2.75) is 27.4 Å². The SMILES string of the molecule is COc1cc(/C=C2/C(=O)N(CC(C)C)C(=O)C(C#N)=C2C)ccc1OCc1ccccc1F. The lowest BCUT2D eigenvalue weighted by molar-refractivity contribution is -0.141. The molecule has 0 radical (unpaired) electrons. The molecule has 0 aliphatic carbocycles. The van der Waals surface area contributed by atoms with Gasteiger partial charge in [-0.15, -0.1) is 0 Å². The molecule has 2 amide bonds. The first-order valence-corrected chi connectivity index (χ1v) is 10.5. The van der Waals surface area contributed by atoms with Crippen LogP contribution in [-0.2, 0) is 16.2 Å². The second-order valence-corrected chi connectivity index (χ2v) is 8.07. The Morgan fingerprint density at radius 3 is 2.48 bits per heavy atom. The third-order valence-electron chi connectivity index (χ3n) is 5.21. The summed E-state index contributed by atoms with van der Waals surface area (Å²) >= 11 is 0. The molecule has 2 aromatic carbocycles. The molecule has 0 saturated heterocycles. The molecular weight excluding hydrogens is 423 g/mol. The molecule has 0 fully saturated rings. The normalized spacial score (nSPS) is 15.3. The molecule has 0 bridgehead atoms. The van der Waals surface area contributed by atoms with E-state index in [-0.39, 0.29) is 36.0 Å². The molecule has 1 heterocycles. The molecule has 0 aromatic heterocycles. The molecule has 0 atom stereocenters. The maximum absolute atomic E-state index is 13.9. The van der Waals surface area contributed by atoms with E-state index in [1.807, 2.05) is 19.9 Å². The topological polar surface area (TPSA) is 79.6 Å². The van der Waals surface area contributed by atoms with E-state index in [0.717, 1.165) is 4.90 Å². The Morgan fingerprint density at radius 1 is 1.12 bits per heavy atom. The third-order valence-corrected chi connectivity index (χ3v) is 5.21. The molecule has 1 aliphatic heterocycles. The van der Waals surface area contributed by atoms with Crippen LogP contribution >= 0.6 is 0 Å². The highest BCUT2D eigenvalue weighted by Crippen LogP contribution is 2.32. The van der Waals surface area contributed by atoms with E-state index >= 15 is 0 Å². The smallest absolute Gasteiger partial charge is 0.271 e. The number of carbonyl (C=O) groups is 2. The summed E-state index contributed by atoms with van der Waals surface area (Å²) in [5, 5.41) is 9.49. The first kappa shape index (κ1) is 23.7. The van der Waals surface area contributed by atoms with Crippen LogP contribution in [0.15, 0.2) is 59.2 Å². The molecule has 0 spiro atoms. The van der Waals surface area contributed by atoms with Crippen LogP contribution in [0.4, 0.5) is 4.39 Å². The van der Waals surface area contributed by atoms with Gasteiger partial charge in [0.2, 0.25) is 0 Å². The van der Waals surface area contributed by atoms with E-state index in [9.17, 15) is 19.2 Å². The quantitative estimate of drug-likeness (QED) is 0.455. The van der Waals surface area contributed by atoms with E-state index in [0.29, 0.717) is 28.2 Å². The second-order valence-electron chi connectivity index (χ2n) is 8.07. The zero-order valence-corrected chi connectivity index (χ0v) is 19.0. The lowest BCUT2D eigenvalue weighted by Crippen LogP contribution is -2.44. The Labute approximate surface area is 192 Å². The number of methoxy groups -OCH3 is 1. The molecule has 0 N–H and O–H groups in total. The van der Waals surface area contributed by atoms with Gasteiger partial charge in [-0.25, -0.2) is 4.39 Å². The standard InChI is InChI=1S/C26H25FN2O4/c1-16(2)14-29-25(30)20(17(3)21(13-28)26(29)31)11-18-9-10-23(24(12-18)32-4)33-15-19-7-5-6-8-22(19)27/h5-12,16H,14-15H2,1-4H3/b20-11+. The Kier molecular flexibility index (Phi) is 7.29. The number of ether oxygens (including phenoxy) is 2. The summed E-state index contributed by atoms with van der Waals surface area (Å²) in [4.78, 5) is 26.8. The van der Waals surface area contributed by atoms with Gasteiger partial charge in [0.25, 0.3) is 11.8 Å². The first-order chi connectivity index (χ1) is 15.8. The summed E-state index contributed by atoms with van der Waals surface area (Å²) in [7, 11) is 1.48. The highest BCUT2D eigenvalue weighted by Gasteiger charge is 2.35. The molecule has 0 unspecified atom stereocenters. The summed E-state index contributed by atoms with van der Waals surface area (Å²) in [6.07, 6.45) is 1.62. The van der Waals surface area contributed by atoms with Gasteiger partial charge in [0, 0.05) is 17.7 Å². The fourth-order valence-corrected chi connectivity index (χ4v) is 3.49. The molecule has 0 saturated carbocycles. The van der Waals surface area contributed by atoms with Gasteiger partial charge in [-0.2, -0.15) is 5.26 Å². The number of benzene rings is 2. The number of amides is 2. The van der Waals surface area contributed by atoms with Crippen molar-refractivity contribution < 1.29 is 23.5 Å². The van der Waals surface area contributed by atoms with Crippen molar-refractivity contribution in [2.24, 2.45) is 5.92 Å². The summed E-state index contributed by atoms with van der Waals surface area (Å²) < 4.78 is 25.0. The lowest BCUT2D eigenvalue weighted by Gasteiger charge is -2.28. The zero-order valence-electron chi connectivity index (χ0n) is 19.0. The van der Waals surface area contributed by atoms with Gasteiger partial charge in [-0.3, -0.25) is 14.5 Å². The van der Waals surface area contributed by atoms with Crippen LogP contribution < -0.4 is 9.47 Å². The van der Waals surface area contributed by atoms with Crippen LogP contribution in [0.2, 0.25) is 0 Å². The number of imide groups is 1. The van der Waals surface area contributed by atoms with Crippen molar-refractivity contribution in [1.82, 2.24) is 4.90 Å². The minimum atomic E-state index is -0.569. The van der Waals surface area contributed by atoms with E-state index in [4.69, 9.17) is 9.47 Å². The number of halogens is 1. The van der Waals surface area contributed by atoms with Gasteiger partial charge in [0.05, 0.1) is 7.11 Å². The molecule has 3 rings (SSSR count). The van der Waals surface area contributed by atoms with Gasteiger partial charge in [-0.05, 0) is 48.3 Å². The number of hydrogen-bond donors (Lipinski definition) is 0. The molecule has 170 valence electrons. The van der Waals surface area contributed by atoms with E-state index in [2.05, 4.69) is 0 Å². The van der Waals surface area contributed by atoms with Crippen molar-refractivity contribution >= 4 is 17.9 Å². The Morgan fingerprint density at radius 2 is 1.85 bits per heavy atom. The van der Waals surface area contributed by atoms with Gasteiger partial charge >= 0.3 is 0 Å². The number of nitriles is 1. The third kappa shape index (κ3) is 5.12. The maximum atomic E-state index is 13.9. The Balaban J connectivity index is 1.93. The van der Waals surface area contributed by atoms with Crippen LogP contribution in [0.5, 0.6) is 11.5 Å². The van der Waals surface area contributed by atoms with Crippen molar-refractivity contribution in [3.8, 4) is 17.6 Å². The van der Waals surface area contributed by atoms with Crippen molar-refractivity contribution in [3.63, 3.8) is 0 Å². The van der Waals surface area contributed by atoms with E-state index in [1.165, 1.54) is 13.2 Å². The second kappa shape index (κ2) is 10.1. The summed E-state index contributed by atoms with van der Waals surface area (Å²) in [6, 6.07) is 13.3. The highest BCUT2D eigenvalue weighted by atomic mass is 19.1. The van der Waals surface area contributed by atoms with Gasteiger partial charge < -0.3 is 9.47 Å². The molecule has 6 nitrogen and oxygen atoms in total. The van der Waals surface area contributed by atoms with Gasteiger partial charge in [0.15, 0.2) is 11.5 Å². The predicted octanol–water partition coefficient (Wildman–Crippen LogP) is 4.66. The van der Waals surface area contributed by atoms with Gasteiger partial charge in [-0.1, -0.05) is 38.1 Å². The zero-order chi connectivity index (χ0) is 24.1. The monoisotopic (exact) mass is 448 g/mol. The summed E-state index contributed by atoms with van der Waals surface area (Å²) in [5.41, 5.74) is 1.61. The van der Waals surface area contributed by atoms with Crippen molar-refractivity contribution in [3.05, 3.63) is 76.1 Å². The van der Waals surface area contributed by atoms with E-state index < -0.39 is 11.8 Å². The first-order valence-electron chi connectivity index (χ1n) is 10.5. The number of hydrogen-bond acceptors (Lipinski definition) is 5. The minimum Gasteiger partial charge on any atom is -0.493 e. The average molecular weight is 448 g/mol. The van der Waals surface area contributed by atoms with Crippen LogP contribution in [0.25, 0.3) is 6.08 Å². The van der Waals surface area contributed by atoms with Crippen LogP contribution in [0.3, 0.4) is 0 Å². The Hall–Kier alpha value is -3.92. The predicted molar refractivity (Wildman–Crippen MR) is 122 cm³/mol. The minimum absolute atomic E-state index is 0.0294. The molecule has 1 aliphatic rings. The van der Waals surface area contributed by atoms with E-state index in [1.54, 1.807) is 49.4 Å². The Bertz CT molecular complexity index is 1190. The van der Waals surface area contributed by atoms with Crippen LogP contribution in [-0.4, -0.2) is 30.4 Å². The highest BCUT2D eigenvalue weighted by molar-refractivity contribution is 6.19. The number of carbonyl (C=O) groups excluding carboxylic acids is 2. The fraction of sp³-hybridized carbons (Fsp3) is 0.269. The molecule has 2 aromatic rings. The molecule has 33 heavy (non-hydrogen) atoms. The maximum Gasteiger partial charge on any atom is 0.271 e. The van der Waals surface area contributed by atoms with Crippen molar-refractivity contribution in [2.75, 3.05) is 13.7 Å². The summed E-state index contributed by atoms with van der Waals surface area (Å²) in [5.74, 6) is -0.488. The van der Waals surface area contributed by atoms with Crippen molar-refractivity contribution in [1.29, 1.82) is 5.26 Å². The molecule has 7 heteroatoms. The largest absolute Gasteiger partial charge is 0.493 e. The average Bonchev–Trinajstić information content (AvgIpc) is 2.79. The number of rotatable bonds is 7. The van der Waals surface area contributed by atoms with Crippen LogP contribution in [0.1, 0.15) is 31.9 Å².